The van der Waals surface area contributed by atoms with E-state index >= 15 is 0 Å². The lowest BCUT2D eigenvalue weighted by atomic mass is 10.0. The molecule has 0 aliphatic carbocycles. The van der Waals surface area contributed by atoms with Gasteiger partial charge in [0.1, 0.15) is 19.3 Å². The van der Waals surface area contributed by atoms with Crippen molar-refractivity contribution >= 4 is 39.5 Å². The highest BCUT2D eigenvalue weighted by molar-refractivity contribution is 7.47. The van der Waals surface area contributed by atoms with Gasteiger partial charge in [0.25, 0.3) is 0 Å². The minimum absolute atomic E-state index is 0.107. The summed E-state index contributed by atoms with van der Waals surface area (Å²) >= 11 is 0. The van der Waals surface area contributed by atoms with Gasteiger partial charge in [-0.25, -0.2) is 9.13 Å². The van der Waals surface area contributed by atoms with E-state index in [-0.39, 0.29) is 25.7 Å². The molecule has 2 unspecified atom stereocenters. The van der Waals surface area contributed by atoms with Gasteiger partial charge in [0.05, 0.1) is 26.4 Å². The van der Waals surface area contributed by atoms with Gasteiger partial charge in [-0.15, -0.1) is 0 Å². The second-order valence-electron chi connectivity index (χ2n) is 28.2. The molecule has 0 aromatic carbocycles. The third kappa shape index (κ3) is 70.5. The summed E-state index contributed by atoms with van der Waals surface area (Å²) in [4.78, 5) is 72.9. The summed E-state index contributed by atoms with van der Waals surface area (Å²) in [6.45, 7) is 7.25. The van der Waals surface area contributed by atoms with Crippen molar-refractivity contribution in [3.05, 3.63) is 0 Å². The average molecular weight is 1410 g/mol. The first kappa shape index (κ1) is 94.1. The average Bonchev–Trinajstić information content (AvgIpc) is 1.32. The van der Waals surface area contributed by atoms with E-state index in [1.807, 2.05) is 0 Å². The van der Waals surface area contributed by atoms with Crippen molar-refractivity contribution < 1.29 is 80.2 Å². The van der Waals surface area contributed by atoms with Crippen LogP contribution in [0.2, 0.25) is 0 Å². The number of esters is 4. The summed E-state index contributed by atoms with van der Waals surface area (Å²) in [7, 11) is -9.91. The van der Waals surface area contributed by atoms with E-state index in [9.17, 15) is 43.2 Å². The maximum atomic E-state index is 13.1. The van der Waals surface area contributed by atoms with Crippen LogP contribution in [0.3, 0.4) is 0 Å². The molecule has 3 N–H and O–H groups in total. The zero-order chi connectivity index (χ0) is 70.5. The highest BCUT2D eigenvalue weighted by Gasteiger charge is 2.30. The van der Waals surface area contributed by atoms with Gasteiger partial charge in [0, 0.05) is 25.7 Å². The Morgan fingerprint density at radius 2 is 0.479 bits per heavy atom. The molecule has 0 heterocycles. The zero-order valence-electron chi connectivity index (χ0n) is 62.5. The molecule has 5 atom stereocenters. The van der Waals surface area contributed by atoms with Crippen molar-refractivity contribution in [2.75, 3.05) is 39.6 Å². The Bertz CT molecular complexity index is 1840. The number of carbonyl (C=O) groups is 4. The highest BCUT2D eigenvalue weighted by Crippen LogP contribution is 2.45. The van der Waals surface area contributed by atoms with Crippen LogP contribution in [-0.2, 0) is 65.4 Å². The van der Waals surface area contributed by atoms with Gasteiger partial charge in [-0.3, -0.25) is 37.3 Å². The monoisotopic (exact) mass is 1410 g/mol. The number of unbranched alkanes of at least 4 members (excludes halogenated alkanes) is 49. The topological polar surface area (TPSA) is 237 Å². The van der Waals surface area contributed by atoms with Crippen LogP contribution in [-0.4, -0.2) is 96.7 Å². The molecule has 0 saturated carbocycles. The molecule has 570 valence electrons. The number of phosphoric ester groups is 2. The predicted molar refractivity (Wildman–Crippen MR) is 391 cm³/mol. The lowest BCUT2D eigenvalue weighted by Gasteiger charge is -2.21. The van der Waals surface area contributed by atoms with Gasteiger partial charge < -0.3 is 33.8 Å². The summed E-state index contributed by atoms with van der Waals surface area (Å²) < 4.78 is 68.6. The molecular weight excluding hydrogens is 1260 g/mol. The molecule has 0 fully saturated rings. The van der Waals surface area contributed by atoms with Crippen molar-refractivity contribution in [3.8, 4) is 0 Å². The van der Waals surface area contributed by atoms with Crippen LogP contribution in [0.15, 0.2) is 0 Å². The molecule has 0 spiro atoms. The van der Waals surface area contributed by atoms with Gasteiger partial charge in [-0.2, -0.15) is 0 Å². The third-order valence-corrected chi connectivity index (χ3v) is 19.9. The van der Waals surface area contributed by atoms with Crippen LogP contribution in [0.25, 0.3) is 0 Å². The number of rotatable bonds is 77. The molecule has 0 aromatic heterocycles. The second kappa shape index (κ2) is 70.1. The standard InChI is InChI=1S/C77H150O17P2/c1-6-9-12-15-18-21-24-27-30-31-32-33-36-39-42-47-53-58-63-76(81)93-72(66-87-74(79)60-55-50-45-40-37-34-28-25-22-19-16-13-10-7-2)68-91-95(83,84)89-64-71(78)65-90-96(85,86)92-69-73(67-88-75(80)61-56-51-48-43-44-49-54-59-70(4)5)94-77(82)62-57-52-46-41-38-35-29-26-23-20-17-14-11-8-3/h70-73,78H,6-69H2,1-5H3,(H,83,84)(H,85,86)/t71-,72-,73-/m1/s1. The van der Waals surface area contributed by atoms with Crippen LogP contribution in [0.5, 0.6) is 0 Å². The molecule has 0 aromatic rings. The minimum Gasteiger partial charge on any atom is -0.462 e. The quantitative estimate of drug-likeness (QED) is 0.0222. The van der Waals surface area contributed by atoms with Gasteiger partial charge >= 0.3 is 39.5 Å². The van der Waals surface area contributed by atoms with E-state index in [4.69, 9.17) is 37.0 Å². The van der Waals surface area contributed by atoms with Crippen molar-refractivity contribution in [2.24, 2.45) is 5.92 Å². The molecular formula is C77H150O17P2. The smallest absolute Gasteiger partial charge is 0.462 e. The summed E-state index contributed by atoms with van der Waals surface area (Å²) in [5.41, 5.74) is 0. The van der Waals surface area contributed by atoms with E-state index in [1.165, 1.54) is 225 Å². The molecule has 19 heteroatoms. The maximum absolute atomic E-state index is 13.1. The van der Waals surface area contributed by atoms with E-state index in [0.29, 0.717) is 31.6 Å². The molecule has 0 radical (unpaired) electrons. The third-order valence-electron chi connectivity index (χ3n) is 18.0. The number of aliphatic hydroxyl groups is 1. The van der Waals surface area contributed by atoms with E-state index < -0.39 is 97.5 Å². The Balaban J connectivity index is 5.24. The largest absolute Gasteiger partial charge is 0.472 e. The predicted octanol–water partition coefficient (Wildman–Crippen LogP) is 22.9. The normalized spacial score (nSPS) is 13.9. The molecule has 0 bridgehead atoms. The van der Waals surface area contributed by atoms with Gasteiger partial charge in [-0.1, -0.05) is 356 Å². The van der Waals surface area contributed by atoms with Crippen molar-refractivity contribution in [2.45, 2.75) is 425 Å². The SMILES string of the molecule is CCCCCCCCCCCCCCCCCCCCC(=O)O[C@H](COC(=O)CCCCCCCCCCCCCCCC)COP(=O)(O)OC[C@@H](O)COP(=O)(O)OC[C@@H](COC(=O)CCCCCCCCCC(C)C)OC(=O)CCCCCCCCCCCCCCCC. The number of hydrogen-bond acceptors (Lipinski definition) is 15. The number of hydrogen-bond donors (Lipinski definition) is 3. The first-order chi connectivity index (χ1) is 46.5. The highest BCUT2D eigenvalue weighted by atomic mass is 31.2. The Hall–Kier alpha value is -1.94. The fourth-order valence-corrected chi connectivity index (χ4v) is 13.5. The molecule has 0 amide bonds. The first-order valence-corrected chi connectivity index (χ1v) is 43.1. The lowest BCUT2D eigenvalue weighted by Crippen LogP contribution is -2.30. The molecule has 96 heavy (non-hydrogen) atoms. The number of carbonyl (C=O) groups excluding carboxylic acids is 4. The van der Waals surface area contributed by atoms with E-state index in [2.05, 4.69) is 34.6 Å². The molecule has 0 aliphatic heterocycles. The molecule has 0 rings (SSSR count). The summed E-state index contributed by atoms with van der Waals surface area (Å²) in [5, 5.41) is 10.6. The maximum Gasteiger partial charge on any atom is 0.472 e. The molecule has 0 aliphatic rings. The number of phosphoric acid groups is 2. The van der Waals surface area contributed by atoms with Crippen molar-refractivity contribution in [1.82, 2.24) is 0 Å². The summed E-state index contributed by atoms with van der Waals surface area (Å²) in [6.07, 6.45) is 59.6. The second-order valence-corrected chi connectivity index (χ2v) is 31.1. The number of aliphatic hydroxyl groups excluding tert-OH is 1. The Morgan fingerprint density at radius 3 is 0.708 bits per heavy atom. The van der Waals surface area contributed by atoms with Crippen LogP contribution >= 0.6 is 15.6 Å². The Morgan fingerprint density at radius 1 is 0.281 bits per heavy atom. The molecule has 0 saturated heterocycles. The summed E-state index contributed by atoms with van der Waals surface area (Å²) in [6, 6.07) is 0. The van der Waals surface area contributed by atoms with Crippen molar-refractivity contribution in [3.63, 3.8) is 0 Å². The van der Waals surface area contributed by atoms with Crippen LogP contribution in [0.4, 0.5) is 0 Å². The van der Waals surface area contributed by atoms with Crippen LogP contribution in [0.1, 0.15) is 407 Å². The summed E-state index contributed by atoms with van der Waals surface area (Å²) in [5.74, 6) is -1.41. The van der Waals surface area contributed by atoms with Gasteiger partial charge in [0.2, 0.25) is 0 Å². The zero-order valence-corrected chi connectivity index (χ0v) is 64.3. The first-order valence-electron chi connectivity index (χ1n) is 40.1. The van der Waals surface area contributed by atoms with Crippen LogP contribution in [0, 0.1) is 5.92 Å². The minimum atomic E-state index is -4.96. The number of ether oxygens (including phenoxy) is 4. The van der Waals surface area contributed by atoms with Crippen LogP contribution < -0.4 is 0 Å². The Kier molecular flexibility index (Phi) is 68.7. The fraction of sp³-hybridized carbons (Fsp3) is 0.948. The Labute approximate surface area is 588 Å². The van der Waals surface area contributed by atoms with E-state index in [1.54, 1.807) is 0 Å². The fourth-order valence-electron chi connectivity index (χ4n) is 11.9. The van der Waals surface area contributed by atoms with E-state index in [0.717, 1.165) is 96.3 Å². The van der Waals surface area contributed by atoms with Gasteiger partial charge in [-0.05, 0) is 31.6 Å². The van der Waals surface area contributed by atoms with Gasteiger partial charge in [0.15, 0.2) is 12.2 Å². The molecule has 17 nitrogen and oxygen atoms in total. The van der Waals surface area contributed by atoms with Crippen molar-refractivity contribution in [1.29, 1.82) is 0 Å². The lowest BCUT2D eigenvalue weighted by molar-refractivity contribution is -0.161.